The number of thiophene rings is 1. The first kappa shape index (κ1) is 12.2. The van der Waals surface area contributed by atoms with E-state index in [1.165, 1.54) is 0 Å². The van der Waals surface area contributed by atoms with Crippen molar-refractivity contribution in [3.05, 3.63) is 28.0 Å². The van der Waals surface area contributed by atoms with Crippen LogP contribution in [0, 0.1) is 0 Å². The van der Waals surface area contributed by atoms with Crippen LogP contribution in [0.4, 0.5) is 0 Å². The van der Waals surface area contributed by atoms with Crippen LogP contribution < -0.4 is 4.74 Å². The molecule has 0 bridgehead atoms. The number of carbonyl (C=O) groups is 1. The van der Waals surface area contributed by atoms with Crippen molar-refractivity contribution in [1.29, 1.82) is 0 Å². The largest absolute Gasteiger partial charge is 0.484 e. The number of aryl methyl sites for hydroxylation is 1. The average Bonchev–Trinajstić information content (AvgIpc) is 3.03. The maximum absolute atomic E-state index is 11.0. The molecule has 1 N–H and O–H groups in total. The van der Waals surface area contributed by atoms with E-state index in [1.807, 2.05) is 0 Å². The van der Waals surface area contributed by atoms with E-state index in [0.717, 1.165) is 48.8 Å². The van der Waals surface area contributed by atoms with E-state index in [4.69, 9.17) is 9.84 Å². The van der Waals surface area contributed by atoms with Crippen LogP contribution in [0.5, 0.6) is 5.75 Å². The molecule has 0 fully saturated rings. The molecule has 0 spiro atoms. The number of hydrogen-bond acceptors (Lipinski definition) is 5. The molecule has 0 radical (unpaired) electrons. The molecule has 2 aromatic heterocycles. The zero-order valence-corrected chi connectivity index (χ0v) is 11.0. The number of ether oxygens (including phenoxy) is 1. The fourth-order valence-corrected chi connectivity index (χ4v) is 2.86. The summed E-state index contributed by atoms with van der Waals surface area (Å²) in [7, 11) is 0. The lowest BCUT2D eigenvalue weighted by molar-refractivity contribution is 0.0697. The highest BCUT2D eigenvalue weighted by atomic mass is 32.1. The molecule has 0 unspecified atom stereocenters. The maximum Gasteiger partial charge on any atom is 0.349 e. The molecule has 19 heavy (non-hydrogen) atoms. The lowest BCUT2D eigenvalue weighted by Gasteiger charge is -2.14. The molecule has 100 valence electrons. The molecule has 2 aromatic rings. The Balaban J connectivity index is 1.74. The lowest BCUT2D eigenvalue weighted by Crippen LogP contribution is -2.14. The number of carboxylic acids is 1. The number of hydrogen-bond donors (Lipinski definition) is 1. The highest BCUT2D eigenvalue weighted by Gasteiger charge is 2.18. The Morgan fingerprint density at radius 3 is 3.21 bits per heavy atom. The third-order valence-corrected chi connectivity index (χ3v) is 4.00. The molecule has 6 nitrogen and oxygen atoms in total. The Labute approximate surface area is 113 Å². The van der Waals surface area contributed by atoms with Gasteiger partial charge >= 0.3 is 5.97 Å². The first-order chi connectivity index (χ1) is 9.25. The number of nitrogens with zero attached hydrogens (tertiary/aromatic N) is 3. The van der Waals surface area contributed by atoms with Crippen LogP contribution >= 0.6 is 11.3 Å². The smallest absolute Gasteiger partial charge is 0.349 e. The van der Waals surface area contributed by atoms with Crippen LogP contribution in [0.1, 0.15) is 34.2 Å². The van der Waals surface area contributed by atoms with Crippen LogP contribution in [0.2, 0.25) is 0 Å². The van der Waals surface area contributed by atoms with Crippen molar-refractivity contribution >= 4 is 17.3 Å². The number of carboxylic acid groups (broad SMARTS) is 1. The van der Waals surface area contributed by atoms with Crippen LogP contribution in [0.15, 0.2) is 11.4 Å². The zero-order valence-electron chi connectivity index (χ0n) is 10.2. The van der Waals surface area contributed by atoms with E-state index >= 15 is 0 Å². The monoisotopic (exact) mass is 279 g/mol. The van der Waals surface area contributed by atoms with Crippen LogP contribution in [-0.4, -0.2) is 25.8 Å². The fourth-order valence-electron chi connectivity index (χ4n) is 2.18. The molecule has 0 aliphatic carbocycles. The van der Waals surface area contributed by atoms with Gasteiger partial charge in [-0.05, 0) is 24.3 Å². The summed E-state index contributed by atoms with van der Waals surface area (Å²) in [5, 5.41) is 19.0. The molecule has 3 rings (SSSR count). The van der Waals surface area contributed by atoms with Crippen molar-refractivity contribution in [3.8, 4) is 5.75 Å². The van der Waals surface area contributed by atoms with Crippen molar-refractivity contribution in [3.63, 3.8) is 0 Å². The quantitative estimate of drug-likeness (QED) is 0.925. The highest BCUT2D eigenvalue weighted by Crippen LogP contribution is 2.25. The summed E-state index contributed by atoms with van der Waals surface area (Å²) in [6.45, 7) is 1.17. The molecular formula is C12H13N3O3S. The normalized spacial score (nSPS) is 14.1. The van der Waals surface area contributed by atoms with Crippen LogP contribution in [0.25, 0.3) is 0 Å². The van der Waals surface area contributed by atoms with Gasteiger partial charge in [0.2, 0.25) is 0 Å². The molecule has 3 heterocycles. The predicted molar refractivity (Wildman–Crippen MR) is 68.6 cm³/mol. The van der Waals surface area contributed by atoms with E-state index in [1.54, 1.807) is 11.4 Å². The van der Waals surface area contributed by atoms with Gasteiger partial charge in [-0.1, -0.05) is 0 Å². The van der Waals surface area contributed by atoms with Crippen molar-refractivity contribution in [2.75, 3.05) is 0 Å². The third-order valence-electron chi connectivity index (χ3n) is 3.12. The molecule has 0 saturated heterocycles. The van der Waals surface area contributed by atoms with Gasteiger partial charge in [0.05, 0.1) is 0 Å². The van der Waals surface area contributed by atoms with Gasteiger partial charge in [0.25, 0.3) is 0 Å². The van der Waals surface area contributed by atoms with E-state index in [9.17, 15) is 4.79 Å². The summed E-state index contributed by atoms with van der Waals surface area (Å²) in [6, 6.07) is 1.67. The Kier molecular flexibility index (Phi) is 3.20. The first-order valence-corrected chi connectivity index (χ1v) is 6.98. The summed E-state index contributed by atoms with van der Waals surface area (Å²) in [5.74, 6) is 1.18. The second-order valence-electron chi connectivity index (χ2n) is 4.35. The van der Waals surface area contributed by atoms with E-state index in [-0.39, 0.29) is 11.5 Å². The van der Waals surface area contributed by atoms with Gasteiger partial charge in [0.15, 0.2) is 10.7 Å². The zero-order chi connectivity index (χ0) is 13.2. The van der Waals surface area contributed by atoms with Gasteiger partial charge in [-0.2, -0.15) is 0 Å². The van der Waals surface area contributed by atoms with Gasteiger partial charge in [-0.3, -0.25) is 0 Å². The molecule has 1 aliphatic rings. The minimum atomic E-state index is -0.965. The van der Waals surface area contributed by atoms with Crippen LogP contribution in [-0.2, 0) is 19.6 Å². The van der Waals surface area contributed by atoms with Gasteiger partial charge in [-0.15, -0.1) is 21.5 Å². The van der Waals surface area contributed by atoms with E-state index in [0.29, 0.717) is 5.75 Å². The number of fused-ring (bicyclic) bond motifs is 1. The SMILES string of the molecule is O=C(O)c1sccc1OCc1nnc2n1CCCC2. The first-order valence-electron chi connectivity index (χ1n) is 6.10. The topological polar surface area (TPSA) is 77.2 Å². The second kappa shape index (κ2) is 5.00. The highest BCUT2D eigenvalue weighted by molar-refractivity contribution is 7.12. The Morgan fingerprint density at radius 2 is 2.37 bits per heavy atom. The second-order valence-corrected chi connectivity index (χ2v) is 5.27. The summed E-state index contributed by atoms with van der Waals surface area (Å²) in [4.78, 5) is 11.2. The van der Waals surface area contributed by atoms with Crippen molar-refractivity contribution in [1.82, 2.24) is 14.8 Å². The van der Waals surface area contributed by atoms with Crippen molar-refractivity contribution in [2.45, 2.75) is 32.4 Å². The predicted octanol–water partition coefficient (Wildman–Crippen LogP) is 1.95. The van der Waals surface area contributed by atoms with Crippen LogP contribution in [0.3, 0.4) is 0 Å². The molecule has 0 aromatic carbocycles. The lowest BCUT2D eigenvalue weighted by atomic mass is 10.2. The molecule has 7 heteroatoms. The van der Waals surface area contributed by atoms with Gasteiger partial charge in [-0.25, -0.2) is 4.79 Å². The minimum absolute atomic E-state index is 0.221. The Bertz CT molecular complexity index is 605. The number of rotatable bonds is 4. The van der Waals surface area contributed by atoms with Crippen molar-refractivity contribution < 1.29 is 14.6 Å². The summed E-state index contributed by atoms with van der Waals surface area (Å²) in [6.07, 6.45) is 3.22. The fraction of sp³-hybridized carbons (Fsp3) is 0.417. The maximum atomic E-state index is 11.0. The van der Waals surface area contributed by atoms with E-state index < -0.39 is 5.97 Å². The van der Waals surface area contributed by atoms with Gasteiger partial charge in [0, 0.05) is 13.0 Å². The standard InChI is InChI=1S/C12H13N3O3S/c16-12(17)11-8(4-6-19-11)18-7-10-14-13-9-3-1-2-5-15(9)10/h4,6H,1-3,5,7H2,(H,16,17). The number of aromatic nitrogens is 3. The Morgan fingerprint density at radius 1 is 1.47 bits per heavy atom. The molecule has 0 saturated carbocycles. The summed E-state index contributed by atoms with van der Waals surface area (Å²) in [5.41, 5.74) is 0. The molecular weight excluding hydrogens is 266 g/mol. The summed E-state index contributed by atoms with van der Waals surface area (Å²) < 4.78 is 7.62. The van der Waals surface area contributed by atoms with E-state index in [2.05, 4.69) is 14.8 Å². The third kappa shape index (κ3) is 2.33. The number of aromatic carboxylic acids is 1. The summed E-state index contributed by atoms with van der Waals surface area (Å²) >= 11 is 1.16. The van der Waals surface area contributed by atoms with Gasteiger partial charge in [0.1, 0.15) is 18.2 Å². The van der Waals surface area contributed by atoms with Crippen molar-refractivity contribution in [2.24, 2.45) is 0 Å². The average molecular weight is 279 g/mol. The van der Waals surface area contributed by atoms with Gasteiger partial charge < -0.3 is 14.4 Å². The minimum Gasteiger partial charge on any atom is -0.484 e. The Hall–Kier alpha value is -1.89. The molecule has 1 aliphatic heterocycles. The molecule has 0 amide bonds. The molecule has 0 atom stereocenters.